The van der Waals surface area contributed by atoms with Crippen molar-refractivity contribution < 1.29 is 24.5 Å². The maximum absolute atomic E-state index is 11.9. The number of benzene rings is 1. The summed E-state index contributed by atoms with van der Waals surface area (Å²) in [5, 5.41) is 27.9. The molecule has 0 saturated carbocycles. The van der Waals surface area contributed by atoms with Gasteiger partial charge in [0.15, 0.2) is 11.5 Å². The summed E-state index contributed by atoms with van der Waals surface area (Å²) in [4.78, 5) is 11.1. The molecule has 0 amide bonds. The lowest BCUT2D eigenvalue weighted by molar-refractivity contribution is 0.0691. The molecule has 0 saturated heterocycles. The molecule has 0 radical (unpaired) electrons. The van der Waals surface area contributed by atoms with Crippen molar-refractivity contribution in [3.05, 3.63) is 23.3 Å². The third-order valence-electron chi connectivity index (χ3n) is 3.04. The summed E-state index contributed by atoms with van der Waals surface area (Å²) in [6, 6.07) is 2.81. The fourth-order valence-electron chi connectivity index (χ4n) is 2.01. The standard InChI is InChI=1S/C14H19FO4/c15-9-5-3-1-2-4-6-10-7-8-11(16)13(17)12(10)14(18)19/h7-8,16-17H,1-6,9H2,(H,18,19). The Morgan fingerprint density at radius 1 is 1.05 bits per heavy atom. The van der Waals surface area contributed by atoms with E-state index in [0.717, 1.165) is 25.7 Å². The summed E-state index contributed by atoms with van der Waals surface area (Å²) in [5.74, 6) is -2.26. The number of hydrogen-bond donors (Lipinski definition) is 3. The molecule has 0 aromatic heterocycles. The second kappa shape index (κ2) is 7.61. The number of aromatic hydroxyl groups is 2. The van der Waals surface area contributed by atoms with E-state index in [1.807, 2.05) is 0 Å². The Labute approximate surface area is 111 Å². The smallest absolute Gasteiger partial charge is 0.339 e. The monoisotopic (exact) mass is 270 g/mol. The number of phenols is 2. The van der Waals surface area contributed by atoms with E-state index in [2.05, 4.69) is 0 Å². The summed E-state index contributed by atoms with van der Waals surface area (Å²) in [5.41, 5.74) is 0.275. The summed E-state index contributed by atoms with van der Waals surface area (Å²) in [6.45, 7) is -0.297. The molecule has 0 atom stereocenters. The lowest BCUT2D eigenvalue weighted by atomic mass is 9.99. The number of aromatic carboxylic acids is 1. The molecule has 0 heterocycles. The van der Waals surface area contributed by atoms with E-state index in [1.165, 1.54) is 12.1 Å². The fraction of sp³-hybridized carbons (Fsp3) is 0.500. The van der Waals surface area contributed by atoms with Crippen molar-refractivity contribution in [2.45, 2.75) is 38.5 Å². The van der Waals surface area contributed by atoms with Gasteiger partial charge in [-0.3, -0.25) is 4.39 Å². The second-order valence-electron chi connectivity index (χ2n) is 4.48. The van der Waals surface area contributed by atoms with Gasteiger partial charge in [0, 0.05) is 0 Å². The third kappa shape index (κ3) is 4.43. The first-order chi connectivity index (χ1) is 9.07. The predicted octanol–water partition coefficient (Wildman–Crippen LogP) is 3.26. The fourth-order valence-corrected chi connectivity index (χ4v) is 2.01. The molecule has 0 bridgehead atoms. The molecule has 1 aromatic carbocycles. The van der Waals surface area contributed by atoms with Crippen molar-refractivity contribution in [3.63, 3.8) is 0 Å². The molecular weight excluding hydrogens is 251 g/mol. The molecule has 0 fully saturated rings. The Morgan fingerprint density at radius 2 is 1.68 bits per heavy atom. The summed E-state index contributed by atoms with van der Waals surface area (Å²) in [6.07, 6.45) is 4.50. The molecular formula is C14H19FO4. The summed E-state index contributed by atoms with van der Waals surface area (Å²) < 4.78 is 11.9. The van der Waals surface area contributed by atoms with Crippen LogP contribution in [0, 0.1) is 0 Å². The van der Waals surface area contributed by atoms with Gasteiger partial charge in [-0.25, -0.2) is 4.79 Å². The van der Waals surface area contributed by atoms with E-state index in [4.69, 9.17) is 5.11 Å². The zero-order valence-electron chi connectivity index (χ0n) is 10.7. The topological polar surface area (TPSA) is 77.8 Å². The van der Waals surface area contributed by atoms with E-state index in [9.17, 15) is 19.4 Å². The van der Waals surface area contributed by atoms with Crippen LogP contribution in [0.5, 0.6) is 11.5 Å². The van der Waals surface area contributed by atoms with Crippen molar-refractivity contribution >= 4 is 5.97 Å². The zero-order chi connectivity index (χ0) is 14.3. The Morgan fingerprint density at radius 3 is 2.32 bits per heavy atom. The number of phenolic OH excluding ortho intramolecular Hbond substituents is 1. The Balaban J connectivity index is 2.58. The molecule has 0 unspecified atom stereocenters. The minimum atomic E-state index is -1.25. The van der Waals surface area contributed by atoms with Gasteiger partial charge >= 0.3 is 5.97 Å². The van der Waals surface area contributed by atoms with Crippen LogP contribution in [0.3, 0.4) is 0 Å². The van der Waals surface area contributed by atoms with Crippen LogP contribution < -0.4 is 0 Å². The van der Waals surface area contributed by atoms with Crippen molar-refractivity contribution in [1.29, 1.82) is 0 Å². The second-order valence-corrected chi connectivity index (χ2v) is 4.48. The third-order valence-corrected chi connectivity index (χ3v) is 3.04. The number of carbonyl (C=O) groups is 1. The van der Waals surface area contributed by atoms with Crippen molar-refractivity contribution in [3.8, 4) is 11.5 Å². The van der Waals surface area contributed by atoms with Crippen LogP contribution in [0.4, 0.5) is 4.39 Å². The predicted molar refractivity (Wildman–Crippen MR) is 69.5 cm³/mol. The summed E-state index contributed by atoms with van der Waals surface area (Å²) in [7, 11) is 0. The first-order valence-corrected chi connectivity index (χ1v) is 6.41. The lowest BCUT2D eigenvalue weighted by Crippen LogP contribution is -2.03. The summed E-state index contributed by atoms with van der Waals surface area (Å²) >= 11 is 0. The van der Waals surface area contributed by atoms with Crippen molar-refractivity contribution in [2.75, 3.05) is 6.67 Å². The highest BCUT2D eigenvalue weighted by atomic mass is 19.1. The highest BCUT2D eigenvalue weighted by Crippen LogP contribution is 2.32. The number of carboxylic acid groups (broad SMARTS) is 1. The number of alkyl halides is 1. The van der Waals surface area contributed by atoms with E-state index in [0.29, 0.717) is 18.4 Å². The van der Waals surface area contributed by atoms with Crippen LogP contribution in [-0.4, -0.2) is 28.0 Å². The number of aryl methyl sites for hydroxylation is 1. The van der Waals surface area contributed by atoms with Crippen LogP contribution in [0.25, 0.3) is 0 Å². The minimum Gasteiger partial charge on any atom is -0.504 e. The number of hydrogen-bond acceptors (Lipinski definition) is 3. The van der Waals surface area contributed by atoms with E-state index < -0.39 is 17.5 Å². The van der Waals surface area contributed by atoms with Gasteiger partial charge in [-0.2, -0.15) is 0 Å². The first kappa shape index (κ1) is 15.3. The Bertz CT molecular complexity index is 432. The lowest BCUT2D eigenvalue weighted by Gasteiger charge is -2.09. The maximum Gasteiger partial charge on any atom is 0.339 e. The van der Waals surface area contributed by atoms with E-state index in [-0.39, 0.29) is 12.2 Å². The molecule has 106 valence electrons. The van der Waals surface area contributed by atoms with Gasteiger partial charge < -0.3 is 15.3 Å². The maximum atomic E-state index is 11.9. The largest absolute Gasteiger partial charge is 0.504 e. The molecule has 0 aliphatic carbocycles. The first-order valence-electron chi connectivity index (χ1n) is 6.41. The number of unbranched alkanes of at least 4 members (excludes halogenated alkanes) is 4. The Hall–Kier alpha value is -1.78. The van der Waals surface area contributed by atoms with Gasteiger partial charge in [-0.15, -0.1) is 0 Å². The number of halogens is 1. The van der Waals surface area contributed by atoms with Gasteiger partial charge in [0.2, 0.25) is 0 Å². The average Bonchev–Trinajstić information content (AvgIpc) is 2.37. The molecule has 5 heteroatoms. The number of rotatable bonds is 8. The normalized spacial score (nSPS) is 10.6. The molecule has 1 aromatic rings. The molecule has 3 N–H and O–H groups in total. The van der Waals surface area contributed by atoms with Crippen LogP contribution in [0.15, 0.2) is 12.1 Å². The average molecular weight is 270 g/mol. The van der Waals surface area contributed by atoms with Crippen LogP contribution in [0.2, 0.25) is 0 Å². The molecule has 0 aliphatic heterocycles. The molecule has 4 nitrogen and oxygen atoms in total. The molecule has 0 aliphatic rings. The molecule has 0 spiro atoms. The van der Waals surface area contributed by atoms with E-state index in [1.54, 1.807) is 0 Å². The molecule has 1 rings (SSSR count). The van der Waals surface area contributed by atoms with Crippen molar-refractivity contribution in [1.82, 2.24) is 0 Å². The van der Waals surface area contributed by atoms with Gasteiger partial charge in [0.05, 0.1) is 6.67 Å². The van der Waals surface area contributed by atoms with Gasteiger partial charge in [0.1, 0.15) is 5.56 Å². The van der Waals surface area contributed by atoms with Crippen LogP contribution >= 0.6 is 0 Å². The van der Waals surface area contributed by atoms with E-state index >= 15 is 0 Å². The SMILES string of the molecule is O=C(O)c1c(CCCCCCCF)ccc(O)c1O. The molecule has 19 heavy (non-hydrogen) atoms. The van der Waals surface area contributed by atoms with Gasteiger partial charge in [0.25, 0.3) is 0 Å². The Kier molecular flexibility index (Phi) is 6.12. The zero-order valence-corrected chi connectivity index (χ0v) is 10.7. The quantitative estimate of drug-likeness (QED) is 0.500. The van der Waals surface area contributed by atoms with Crippen LogP contribution in [-0.2, 0) is 6.42 Å². The minimum absolute atomic E-state index is 0.233. The highest BCUT2D eigenvalue weighted by molar-refractivity contribution is 5.93. The van der Waals surface area contributed by atoms with Gasteiger partial charge in [-0.1, -0.05) is 25.3 Å². The highest BCUT2D eigenvalue weighted by Gasteiger charge is 2.18. The van der Waals surface area contributed by atoms with Crippen LogP contribution in [0.1, 0.15) is 48.0 Å². The number of carboxylic acids is 1. The van der Waals surface area contributed by atoms with Gasteiger partial charge in [-0.05, 0) is 30.9 Å². The van der Waals surface area contributed by atoms with Crippen molar-refractivity contribution in [2.24, 2.45) is 0 Å².